The van der Waals surface area contributed by atoms with Gasteiger partial charge in [0.2, 0.25) is 35.4 Å². The summed E-state index contributed by atoms with van der Waals surface area (Å²) in [5.41, 5.74) is 2.53. The maximum atomic E-state index is 14.9. The zero-order valence-electron chi connectivity index (χ0n) is 42.3. The number of nitrogens with zero attached hydrogens (tertiary/aromatic N) is 4. The smallest absolute Gasteiger partial charge is 0.370 e. The number of piperidine rings is 1. The molecule has 3 fully saturated rings. The molecule has 4 aliphatic rings. The number of fused-ring (bicyclic) bond motifs is 3. The van der Waals surface area contributed by atoms with Gasteiger partial charge in [0.05, 0.1) is 15.8 Å². The van der Waals surface area contributed by atoms with Crippen LogP contribution in [0, 0.1) is 17.7 Å². The second-order valence-electron chi connectivity index (χ2n) is 19.8. The predicted molar refractivity (Wildman–Crippen MR) is 283 cm³/mol. The minimum Gasteiger partial charge on any atom is -0.370 e. The first-order valence-electron chi connectivity index (χ1n) is 25.6. The molecule has 79 heavy (non-hydrogen) atoms. The summed E-state index contributed by atoms with van der Waals surface area (Å²) < 4.78 is 55.1. The number of nitrogens with one attached hydrogen (secondary N) is 3. The molecule has 414 valence electrons. The van der Waals surface area contributed by atoms with Crippen LogP contribution in [0.4, 0.5) is 13.2 Å². The first-order chi connectivity index (χ1) is 37.7. The molecule has 4 aliphatic heterocycles. The van der Waals surface area contributed by atoms with Gasteiger partial charge in [-0.05, 0) is 104 Å². The lowest BCUT2D eigenvalue weighted by Gasteiger charge is -2.39. The molecule has 0 spiro atoms. The molecule has 1 unspecified atom stereocenters. The Hall–Kier alpha value is -7.29. The maximum Gasteiger partial charge on any atom is 0.399 e. The minimum absolute atomic E-state index is 0.0326. The van der Waals surface area contributed by atoms with Crippen molar-refractivity contribution in [3.8, 4) is 22.3 Å². The number of unbranched alkanes of at least 4 members (excludes halogenated alkanes) is 3. The highest BCUT2D eigenvalue weighted by atomic mass is 32.1. The number of carbonyl (C=O) groups excluding carboxylic acids is 8. The first-order valence-corrected chi connectivity index (χ1v) is 28.9. The molecule has 0 radical (unpaired) electrons. The van der Waals surface area contributed by atoms with Gasteiger partial charge in [-0.25, -0.2) is 9.37 Å². The van der Waals surface area contributed by atoms with Gasteiger partial charge < -0.3 is 40.9 Å². The number of imide groups is 1. The van der Waals surface area contributed by atoms with Crippen molar-refractivity contribution in [1.82, 2.24) is 35.6 Å². The average Bonchev–Trinajstić information content (AvgIpc) is 4.46. The van der Waals surface area contributed by atoms with Crippen molar-refractivity contribution < 1.29 is 65.9 Å². The van der Waals surface area contributed by atoms with E-state index in [0.29, 0.717) is 75.4 Å². The second kappa shape index (κ2) is 23.6. The SMILES string of the molecule is NC(=O)CC[C@H](NC(=O)[C@@H]1CC[C@@H]2CCN(C(=O)CCCCCC#Cc3cccc4c3CN(C3CCC(=O)NC3=O)C4=O)C[C@H](NC(=O)c3cc4cc(C(F)(F)P(=O)(O)O)ccc4s3)C(=O)N21)c1ncc(-c2ccc(F)cc2)s1. The molecule has 3 aromatic carbocycles. The largest absolute Gasteiger partial charge is 0.399 e. The molecule has 7 N–H and O–H groups in total. The molecule has 9 rings (SSSR count). The number of aromatic nitrogens is 1. The molecule has 2 aromatic heterocycles. The van der Waals surface area contributed by atoms with E-state index < -0.39 is 84.4 Å². The van der Waals surface area contributed by atoms with E-state index in [4.69, 9.17) is 5.73 Å². The van der Waals surface area contributed by atoms with Crippen molar-refractivity contribution in [3.63, 3.8) is 0 Å². The highest BCUT2D eigenvalue weighted by Gasteiger charge is 2.51. The van der Waals surface area contributed by atoms with Gasteiger partial charge >= 0.3 is 13.3 Å². The van der Waals surface area contributed by atoms with E-state index in [-0.39, 0.29) is 86.1 Å². The fraction of sp³-hybridized carbons (Fsp3) is 0.389. The zero-order chi connectivity index (χ0) is 56.3. The number of hydrogen-bond donors (Lipinski definition) is 6. The van der Waals surface area contributed by atoms with Crippen molar-refractivity contribution in [1.29, 1.82) is 0 Å². The lowest BCUT2D eigenvalue weighted by Crippen LogP contribution is -2.61. The number of rotatable bonds is 17. The van der Waals surface area contributed by atoms with Crippen molar-refractivity contribution in [2.45, 2.75) is 119 Å². The molecule has 0 saturated carbocycles. The van der Waals surface area contributed by atoms with Crippen LogP contribution in [0.3, 0.4) is 0 Å². The van der Waals surface area contributed by atoms with E-state index >= 15 is 0 Å². The van der Waals surface area contributed by atoms with Crippen LogP contribution in [0.5, 0.6) is 0 Å². The monoisotopic (exact) mass is 1140 g/mol. The number of carbonyl (C=O) groups is 8. The standard InChI is InChI=1S/C54H54F3N8O11PS2/c55-34-14-11-31(12-15-34)44-27-59-51(79-44)38(17-21-45(58)66)60-49(70)41-18-16-35-23-24-63(29-39(53(73)65(35)41)61-50(71)43-26-32-25-33(13-20-42(32)78-43)54(56,57)77(74,75)76)47(68)10-5-3-1-2-4-7-30-8-6-9-36-37(30)28-64(52(36)72)40-19-22-46(67)62-48(40)69/h6,8-9,11-15,20,25-27,35,38-41H,1-3,5,10,16-19,21-24,28-29H2,(H2,58,66)(H,60,70)(H,61,71)(H,62,67,69)(H2,74,75,76)/t35-,38+,39+,40?,41+/m1/s1. The van der Waals surface area contributed by atoms with Crippen LogP contribution in [0.2, 0.25) is 0 Å². The van der Waals surface area contributed by atoms with Crippen LogP contribution in [0.15, 0.2) is 72.9 Å². The van der Waals surface area contributed by atoms with Gasteiger partial charge in [0, 0.05) is 78.9 Å². The minimum atomic E-state index is -5.91. The van der Waals surface area contributed by atoms with Gasteiger partial charge in [-0.2, -0.15) is 8.78 Å². The number of thiophene rings is 1. The molecule has 0 bridgehead atoms. The molecular weight excluding hydrogens is 1090 g/mol. The number of halogens is 3. The van der Waals surface area contributed by atoms with Crippen molar-refractivity contribution in [2.24, 2.45) is 5.73 Å². The van der Waals surface area contributed by atoms with Crippen LogP contribution in [-0.2, 0) is 45.5 Å². The van der Waals surface area contributed by atoms with Crippen LogP contribution >= 0.6 is 30.3 Å². The quantitative estimate of drug-likeness (QED) is 0.0272. The Kier molecular flexibility index (Phi) is 16.8. The summed E-state index contributed by atoms with van der Waals surface area (Å²) in [6.45, 7) is 0.0641. The van der Waals surface area contributed by atoms with Gasteiger partial charge in [0.1, 0.15) is 29.0 Å². The summed E-state index contributed by atoms with van der Waals surface area (Å²) in [6, 6.07) is 10.6. The molecule has 5 aromatic rings. The first kappa shape index (κ1) is 56.4. The van der Waals surface area contributed by atoms with E-state index in [1.165, 1.54) is 50.3 Å². The summed E-state index contributed by atoms with van der Waals surface area (Å²) in [5, 5.41) is 8.53. The third-order valence-corrected chi connectivity index (χ3v) is 17.8. The summed E-state index contributed by atoms with van der Waals surface area (Å²) >= 11 is 2.11. The van der Waals surface area contributed by atoms with Crippen molar-refractivity contribution in [3.05, 3.63) is 111 Å². The normalized spacial score (nSPS) is 19.9. The lowest BCUT2D eigenvalue weighted by molar-refractivity contribution is -0.145. The number of alkyl halides is 2. The number of primary amides is 1. The van der Waals surface area contributed by atoms with E-state index in [2.05, 4.69) is 32.8 Å². The number of hydrogen-bond acceptors (Lipinski definition) is 12. The predicted octanol–water partition coefficient (Wildman–Crippen LogP) is 5.97. The van der Waals surface area contributed by atoms with Gasteiger partial charge in [0.25, 0.3) is 11.8 Å². The Bertz CT molecular complexity index is 3380. The Morgan fingerprint density at radius 1 is 0.949 bits per heavy atom. The second-order valence-corrected chi connectivity index (χ2v) is 23.6. The van der Waals surface area contributed by atoms with Gasteiger partial charge in [0.15, 0.2) is 0 Å². The summed E-state index contributed by atoms with van der Waals surface area (Å²) in [7, 11) is -5.91. The van der Waals surface area contributed by atoms with Gasteiger partial charge in [-0.1, -0.05) is 42.5 Å². The fourth-order valence-electron chi connectivity index (χ4n) is 10.4. The Balaban J connectivity index is 0.881. The van der Waals surface area contributed by atoms with Crippen LogP contribution in [0.25, 0.3) is 20.5 Å². The van der Waals surface area contributed by atoms with Gasteiger partial charge in [-0.15, -0.1) is 22.7 Å². The fourth-order valence-corrected chi connectivity index (χ4v) is 12.8. The zero-order valence-corrected chi connectivity index (χ0v) is 44.8. The van der Waals surface area contributed by atoms with Crippen molar-refractivity contribution in [2.75, 3.05) is 13.1 Å². The summed E-state index contributed by atoms with van der Waals surface area (Å²) in [6.07, 6.45) is 5.05. The lowest BCUT2D eigenvalue weighted by atomic mass is 10.0. The molecule has 25 heteroatoms. The Morgan fingerprint density at radius 2 is 1.73 bits per heavy atom. The third-order valence-electron chi connectivity index (χ3n) is 14.5. The highest BCUT2D eigenvalue weighted by Crippen LogP contribution is 2.59. The van der Waals surface area contributed by atoms with Crippen LogP contribution < -0.4 is 21.7 Å². The van der Waals surface area contributed by atoms with Crippen LogP contribution in [0.1, 0.15) is 125 Å². The van der Waals surface area contributed by atoms with E-state index in [0.717, 1.165) is 23.5 Å². The number of amides is 8. The average molecular weight is 1140 g/mol. The van der Waals surface area contributed by atoms with E-state index in [9.17, 15) is 65.9 Å². The maximum absolute atomic E-state index is 14.9. The molecule has 8 amide bonds. The summed E-state index contributed by atoms with van der Waals surface area (Å²) in [4.78, 5) is 135. The molecule has 6 heterocycles. The number of nitrogens with two attached hydrogens (primary N) is 1. The van der Waals surface area contributed by atoms with E-state index in [1.54, 1.807) is 36.5 Å². The molecule has 5 atom stereocenters. The molecule has 3 saturated heterocycles. The molecular formula is C54H54F3N8O11PS2. The Morgan fingerprint density at radius 3 is 2.48 bits per heavy atom. The number of thiazole rings is 1. The topological polar surface area (TPSA) is 279 Å². The Labute approximate surface area is 458 Å². The van der Waals surface area contributed by atoms with Crippen molar-refractivity contribution >= 4 is 87.6 Å². The highest BCUT2D eigenvalue weighted by molar-refractivity contribution is 7.52. The van der Waals surface area contributed by atoms with E-state index in [1.807, 2.05) is 0 Å². The van der Waals surface area contributed by atoms with Gasteiger partial charge in [-0.3, -0.25) is 48.2 Å². The summed E-state index contributed by atoms with van der Waals surface area (Å²) in [5.74, 6) is 1.77. The molecule has 19 nitrogen and oxygen atoms in total. The number of benzene rings is 3. The van der Waals surface area contributed by atoms with Crippen LogP contribution in [-0.4, -0.2) is 114 Å². The molecule has 0 aliphatic carbocycles. The third kappa shape index (κ3) is 12.5.